The molecule has 0 fully saturated rings. The number of rotatable bonds is 12. The first-order valence-electron chi connectivity index (χ1n) is 12.0. The van der Waals surface area contributed by atoms with Crippen LogP contribution in [0.1, 0.15) is 44.7 Å². The molecule has 10 heteroatoms. The van der Waals surface area contributed by atoms with Crippen LogP contribution in [0, 0.1) is 12.7 Å². The van der Waals surface area contributed by atoms with Gasteiger partial charge in [-0.2, -0.15) is 12.7 Å². The van der Waals surface area contributed by atoms with Crippen LogP contribution in [-0.2, 0) is 26.3 Å². The van der Waals surface area contributed by atoms with Crippen molar-refractivity contribution in [3.8, 4) is 0 Å². The summed E-state index contributed by atoms with van der Waals surface area (Å²) in [5, 5.41) is 2.93. The van der Waals surface area contributed by atoms with Crippen LogP contribution < -0.4 is 9.62 Å². The first-order chi connectivity index (χ1) is 16.9. The second-order valence-electron chi connectivity index (χ2n) is 8.94. The highest BCUT2D eigenvalue weighted by molar-refractivity contribution is 7.90. The van der Waals surface area contributed by atoms with Crippen molar-refractivity contribution in [2.45, 2.75) is 59.2 Å². The van der Waals surface area contributed by atoms with E-state index in [4.69, 9.17) is 0 Å². The molecule has 1 N–H and O–H groups in total. The van der Waals surface area contributed by atoms with Gasteiger partial charge >= 0.3 is 10.2 Å². The Balaban J connectivity index is 2.54. The van der Waals surface area contributed by atoms with Crippen molar-refractivity contribution < 1.29 is 22.4 Å². The minimum atomic E-state index is -4.22. The fourth-order valence-electron chi connectivity index (χ4n) is 3.69. The van der Waals surface area contributed by atoms with Crippen molar-refractivity contribution >= 4 is 27.7 Å². The topological polar surface area (TPSA) is 90.0 Å². The molecule has 2 rings (SSSR count). The second-order valence-corrected chi connectivity index (χ2v) is 11.0. The molecule has 0 heterocycles. The lowest BCUT2D eigenvalue weighted by Crippen LogP contribution is -2.54. The second kappa shape index (κ2) is 12.8. The molecule has 2 amide bonds. The number of amides is 2. The van der Waals surface area contributed by atoms with Crippen LogP contribution >= 0.6 is 0 Å². The molecule has 0 saturated heterocycles. The highest BCUT2D eigenvalue weighted by Gasteiger charge is 2.35. The van der Waals surface area contributed by atoms with Crippen LogP contribution in [0.3, 0.4) is 0 Å². The van der Waals surface area contributed by atoms with Gasteiger partial charge in [-0.15, -0.1) is 0 Å². The van der Waals surface area contributed by atoms with Crippen molar-refractivity contribution in [1.29, 1.82) is 0 Å². The summed E-state index contributed by atoms with van der Waals surface area (Å²) in [4.78, 5) is 28.3. The van der Waals surface area contributed by atoms with Gasteiger partial charge in [-0.05, 0) is 49.9 Å². The van der Waals surface area contributed by atoms with E-state index in [0.29, 0.717) is 6.42 Å². The molecule has 0 aliphatic carbocycles. The SMILES string of the molecule is CC[C@H](C)NC(=O)[C@H](CC)N(Cc1ccccc1C)C(=O)CN(c1ccccc1F)S(=O)(=O)N(C)C. The zero-order valence-electron chi connectivity index (χ0n) is 21.9. The predicted octanol–water partition coefficient (Wildman–Crippen LogP) is 3.47. The maximum Gasteiger partial charge on any atom is 0.304 e. The monoisotopic (exact) mass is 520 g/mol. The third-order valence-corrected chi connectivity index (χ3v) is 7.93. The van der Waals surface area contributed by atoms with Gasteiger partial charge in [0.1, 0.15) is 18.4 Å². The van der Waals surface area contributed by atoms with Crippen molar-refractivity contribution in [3.63, 3.8) is 0 Å². The Labute approximate surface area is 214 Å². The predicted molar refractivity (Wildman–Crippen MR) is 140 cm³/mol. The Morgan fingerprint density at radius 3 is 2.17 bits per heavy atom. The molecule has 0 aliphatic heterocycles. The van der Waals surface area contributed by atoms with Crippen LogP contribution in [0.4, 0.5) is 10.1 Å². The highest BCUT2D eigenvalue weighted by atomic mass is 32.2. The molecule has 0 spiro atoms. The van der Waals surface area contributed by atoms with Crippen molar-refractivity contribution in [1.82, 2.24) is 14.5 Å². The van der Waals surface area contributed by atoms with E-state index in [1.165, 1.54) is 37.2 Å². The highest BCUT2D eigenvalue weighted by Crippen LogP contribution is 2.24. The van der Waals surface area contributed by atoms with Gasteiger partial charge in [0.25, 0.3) is 0 Å². The number of nitrogens with zero attached hydrogens (tertiary/aromatic N) is 3. The number of para-hydroxylation sites is 1. The lowest BCUT2D eigenvalue weighted by atomic mass is 10.1. The fourth-order valence-corrected chi connectivity index (χ4v) is 4.75. The molecule has 0 unspecified atom stereocenters. The Kier molecular flexibility index (Phi) is 10.4. The summed E-state index contributed by atoms with van der Waals surface area (Å²) in [5.74, 6) is -1.71. The zero-order chi connectivity index (χ0) is 27.0. The van der Waals surface area contributed by atoms with E-state index in [-0.39, 0.29) is 24.2 Å². The molecule has 0 radical (unpaired) electrons. The van der Waals surface area contributed by atoms with Crippen LogP contribution in [0.25, 0.3) is 0 Å². The smallest absolute Gasteiger partial charge is 0.304 e. The summed E-state index contributed by atoms with van der Waals surface area (Å²) in [7, 11) is -1.60. The maximum absolute atomic E-state index is 14.7. The maximum atomic E-state index is 14.7. The Morgan fingerprint density at radius 1 is 1.00 bits per heavy atom. The van der Waals surface area contributed by atoms with Gasteiger partial charge in [0.05, 0.1) is 5.69 Å². The number of carbonyl (C=O) groups is 2. The van der Waals surface area contributed by atoms with Crippen LogP contribution in [-0.4, -0.2) is 62.2 Å². The third kappa shape index (κ3) is 7.04. The molecule has 2 atom stereocenters. The van der Waals surface area contributed by atoms with Gasteiger partial charge < -0.3 is 10.2 Å². The third-order valence-electron chi connectivity index (χ3n) is 6.13. The normalized spacial score (nSPS) is 13.2. The van der Waals surface area contributed by atoms with E-state index in [9.17, 15) is 22.4 Å². The molecule has 2 aromatic carbocycles. The Hall–Kier alpha value is -2.98. The number of nitrogens with one attached hydrogen (secondary N) is 1. The molecule has 8 nitrogen and oxygen atoms in total. The summed E-state index contributed by atoms with van der Waals surface area (Å²) in [6.45, 7) is 6.96. The molecule has 0 bridgehead atoms. The molecular weight excluding hydrogens is 483 g/mol. The Morgan fingerprint density at radius 2 is 1.61 bits per heavy atom. The molecule has 0 saturated carbocycles. The average Bonchev–Trinajstić information content (AvgIpc) is 2.83. The summed E-state index contributed by atoms with van der Waals surface area (Å²) >= 11 is 0. The van der Waals surface area contributed by atoms with E-state index in [1.54, 1.807) is 6.92 Å². The zero-order valence-corrected chi connectivity index (χ0v) is 22.7. The first-order valence-corrected chi connectivity index (χ1v) is 13.4. The van der Waals surface area contributed by atoms with Crippen molar-refractivity contribution in [3.05, 3.63) is 65.5 Å². The lowest BCUT2D eigenvalue weighted by molar-refractivity contribution is -0.140. The number of hydrogen-bond donors (Lipinski definition) is 1. The number of carbonyl (C=O) groups excluding carboxylic acids is 2. The summed E-state index contributed by atoms with van der Waals surface area (Å²) in [6, 6.07) is 11.9. The standard InChI is InChI=1S/C26H37FN4O4S/c1-7-20(4)28-26(33)23(8-2)30(17-21-14-10-9-13-19(21)3)25(32)18-31(36(34,35)29(5)6)24-16-12-11-15-22(24)27/h9-16,20,23H,7-8,17-18H2,1-6H3,(H,28,33)/t20-,23-/m0/s1. The Bertz CT molecular complexity index is 1160. The summed E-state index contributed by atoms with van der Waals surface area (Å²) in [6.07, 6.45) is 1.04. The quantitative estimate of drug-likeness (QED) is 0.464. The van der Waals surface area contributed by atoms with E-state index in [2.05, 4.69) is 5.32 Å². The molecular formula is C26H37FN4O4S. The van der Waals surface area contributed by atoms with Gasteiger partial charge in [-0.25, -0.2) is 8.70 Å². The number of hydrogen-bond acceptors (Lipinski definition) is 4. The van der Waals surface area contributed by atoms with Gasteiger partial charge in [-0.3, -0.25) is 9.59 Å². The average molecular weight is 521 g/mol. The first kappa shape index (κ1) is 29.3. The largest absolute Gasteiger partial charge is 0.352 e. The van der Waals surface area contributed by atoms with Crippen LogP contribution in [0.5, 0.6) is 0 Å². The van der Waals surface area contributed by atoms with Gasteiger partial charge in [-0.1, -0.05) is 50.2 Å². The molecule has 0 aliphatic rings. The summed E-state index contributed by atoms with van der Waals surface area (Å²) < 4.78 is 42.7. The minimum absolute atomic E-state index is 0.0917. The minimum Gasteiger partial charge on any atom is -0.352 e. The van der Waals surface area contributed by atoms with E-state index in [1.807, 2.05) is 45.0 Å². The van der Waals surface area contributed by atoms with Crippen LogP contribution in [0.15, 0.2) is 48.5 Å². The van der Waals surface area contributed by atoms with Crippen LogP contribution in [0.2, 0.25) is 0 Å². The van der Waals surface area contributed by atoms with Crippen molar-refractivity contribution in [2.24, 2.45) is 0 Å². The fraction of sp³-hybridized carbons (Fsp3) is 0.462. The number of benzene rings is 2. The van der Waals surface area contributed by atoms with Crippen molar-refractivity contribution in [2.75, 3.05) is 24.9 Å². The number of anilines is 1. The summed E-state index contributed by atoms with van der Waals surface area (Å²) in [5.41, 5.74) is 1.51. The molecule has 198 valence electrons. The lowest BCUT2D eigenvalue weighted by Gasteiger charge is -2.34. The van der Waals surface area contributed by atoms with E-state index in [0.717, 1.165) is 32.2 Å². The number of aryl methyl sites for hydroxylation is 1. The van der Waals surface area contributed by atoms with Gasteiger partial charge in [0, 0.05) is 26.7 Å². The molecule has 0 aromatic heterocycles. The van der Waals surface area contributed by atoms with E-state index >= 15 is 0 Å². The van der Waals surface area contributed by atoms with Gasteiger partial charge in [0.2, 0.25) is 11.8 Å². The van der Waals surface area contributed by atoms with Gasteiger partial charge in [0.15, 0.2) is 0 Å². The molecule has 2 aromatic rings. The molecule has 36 heavy (non-hydrogen) atoms. The number of halogens is 1. The van der Waals surface area contributed by atoms with E-state index < -0.39 is 34.5 Å².